The molecule has 0 unspecified atom stereocenters. The molecule has 4 nitrogen and oxygen atoms in total. The van der Waals surface area contributed by atoms with Gasteiger partial charge >= 0.3 is 6.18 Å². The van der Waals surface area contributed by atoms with Crippen LogP contribution in [0.15, 0.2) is 60.9 Å². The Bertz CT molecular complexity index is 1160. The van der Waals surface area contributed by atoms with E-state index in [0.717, 1.165) is 57.6 Å². The fourth-order valence-corrected chi connectivity index (χ4v) is 3.94. The molecule has 4 rings (SSSR count). The van der Waals surface area contributed by atoms with E-state index in [0.29, 0.717) is 13.0 Å². The molecule has 0 atom stereocenters. The van der Waals surface area contributed by atoms with Crippen LogP contribution in [0, 0.1) is 5.95 Å². The number of alkyl halides is 3. The maximum atomic E-state index is 13.4. The van der Waals surface area contributed by atoms with Gasteiger partial charge in [0.2, 0.25) is 5.95 Å². The Morgan fingerprint density at radius 3 is 2.41 bits per heavy atom. The van der Waals surface area contributed by atoms with Gasteiger partial charge in [-0.05, 0) is 47.6 Å². The van der Waals surface area contributed by atoms with E-state index in [9.17, 15) is 17.6 Å². The molecule has 0 spiro atoms. The molecular formula is C23H21F4N3OS. The summed E-state index contributed by atoms with van der Waals surface area (Å²) in [6.45, 7) is 0.655. The van der Waals surface area contributed by atoms with Gasteiger partial charge in [-0.25, -0.2) is 9.97 Å². The first kappa shape index (κ1) is 23.6. The number of fused-ring (bicyclic) bond motifs is 1. The molecule has 2 aromatic heterocycles. The molecule has 2 aromatic carbocycles. The molecular weight excluding hydrogens is 442 g/mol. The van der Waals surface area contributed by atoms with Crippen molar-refractivity contribution in [1.29, 1.82) is 0 Å². The normalized spacial score (nSPS) is 11.2. The molecule has 0 saturated heterocycles. The standard InChI is InChI=1S/C22H17F4N3S.CH4O/c23-20-11-17-10-15(5-6-16(17)12-28-20)19-13-29-21(30-19)27-9-1-2-14-3-7-18(8-4-14)22(24,25)26;1-2/h3-8,10-13H,1-2,9H2,(H,27,29);2H,1H3. The fourth-order valence-electron chi connectivity index (χ4n) is 3.10. The first-order valence-electron chi connectivity index (χ1n) is 9.75. The van der Waals surface area contributed by atoms with Crippen molar-refractivity contribution in [2.45, 2.75) is 19.0 Å². The maximum Gasteiger partial charge on any atom is 0.416 e. The molecule has 2 heterocycles. The summed E-state index contributed by atoms with van der Waals surface area (Å²) in [6.07, 6.45) is 0.404. The second-order valence-electron chi connectivity index (χ2n) is 6.82. The van der Waals surface area contributed by atoms with Crippen LogP contribution in [-0.4, -0.2) is 28.7 Å². The Labute approximate surface area is 186 Å². The third-order valence-corrected chi connectivity index (χ3v) is 5.68. The number of aliphatic hydroxyl groups is 1. The number of hydrogen-bond acceptors (Lipinski definition) is 5. The van der Waals surface area contributed by atoms with Gasteiger partial charge in [-0.2, -0.15) is 17.6 Å². The molecule has 9 heteroatoms. The van der Waals surface area contributed by atoms with E-state index in [4.69, 9.17) is 5.11 Å². The molecule has 0 bridgehead atoms. The highest BCUT2D eigenvalue weighted by molar-refractivity contribution is 7.18. The number of pyridine rings is 1. The smallest absolute Gasteiger partial charge is 0.400 e. The second-order valence-corrected chi connectivity index (χ2v) is 7.85. The lowest BCUT2D eigenvalue weighted by atomic mass is 10.1. The highest BCUT2D eigenvalue weighted by Crippen LogP contribution is 2.31. The van der Waals surface area contributed by atoms with E-state index in [1.807, 2.05) is 18.2 Å². The second kappa shape index (κ2) is 10.5. The Kier molecular flexibility index (Phi) is 7.76. The number of nitrogens with zero attached hydrogens (tertiary/aromatic N) is 2. The zero-order valence-electron chi connectivity index (χ0n) is 17.2. The van der Waals surface area contributed by atoms with E-state index in [1.165, 1.54) is 35.7 Å². The molecule has 0 saturated carbocycles. The van der Waals surface area contributed by atoms with E-state index in [2.05, 4.69) is 15.3 Å². The predicted octanol–water partition coefficient (Wildman–Crippen LogP) is 6.17. The Morgan fingerprint density at radius 2 is 1.69 bits per heavy atom. The summed E-state index contributed by atoms with van der Waals surface area (Å²) < 4.78 is 51.2. The molecule has 0 aliphatic heterocycles. The average Bonchev–Trinajstić information content (AvgIpc) is 3.26. The van der Waals surface area contributed by atoms with Crippen molar-refractivity contribution < 1.29 is 22.7 Å². The van der Waals surface area contributed by atoms with Crippen molar-refractivity contribution in [2.24, 2.45) is 0 Å². The highest BCUT2D eigenvalue weighted by atomic mass is 32.1. The molecule has 0 fully saturated rings. The lowest BCUT2D eigenvalue weighted by molar-refractivity contribution is -0.137. The topological polar surface area (TPSA) is 58.0 Å². The van der Waals surface area contributed by atoms with Crippen molar-refractivity contribution >= 4 is 27.2 Å². The number of aromatic nitrogens is 2. The van der Waals surface area contributed by atoms with Gasteiger partial charge < -0.3 is 10.4 Å². The summed E-state index contributed by atoms with van der Waals surface area (Å²) in [6, 6.07) is 12.4. The Balaban J connectivity index is 0.00000141. The van der Waals surface area contributed by atoms with Gasteiger partial charge in [0, 0.05) is 37.5 Å². The SMILES string of the molecule is CO.Fc1cc2cc(-c3cnc(NCCCc4ccc(C(F)(F)F)cc4)s3)ccc2cn1. The van der Waals surface area contributed by atoms with E-state index in [1.54, 1.807) is 6.20 Å². The zero-order chi connectivity index (χ0) is 23.1. The minimum Gasteiger partial charge on any atom is -0.400 e. The number of thiazole rings is 1. The predicted molar refractivity (Wildman–Crippen MR) is 119 cm³/mol. The van der Waals surface area contributed by atoms with E-state index < -0.39 is 17.7 Å². The van der Waals surface area contributed by atoms with Crippen LogP contribution in [0.25, 0.3) is 21.2 Å². The summed E-state index contributed by atoms with van der Waals surface area (Å²) in [4.78, 5) is 8.98. The summed E-state index contributed by atoms with van der Waals surface area (Å²) in [5, 5.41) is 12.7. The van der Waals surface area contributed by atoms with Crippen LogP contribution in [-0.2, 0) is 12.6 Å². The maximum absolute atomic E-state index is 13.4. The van der Waals surface area contributed by atoms with Gasteiger partial charge in [-0.1, -0.05) is 35.6 Å². The minimum absolute atomic E-state index is 0.514. The van der Waals surface area contributed by atoms with Gasteiger partial charge in [-0.3, -0.25) is 0 Å². The first-order valence-corrected chi connectivity index (χ1v) is 10.6. The van der Waals surface area contributed by atoms with Crippen molar-refractivity contribution in [2.75, 3.05) is 19.0 Å². The zero-order valence-corrected chi connectivity index (χ0v) is 18.0. The van der Waals surface area contributed by atoms with Crippen LogP contribution in [0.1, 0.15) is 17.5 Å². The summed E-state index contributed by atoms with van der Waals surface area (Å²) >= 11 is 1.49. The molecule has 168 valence electrons. The van der Waals surface area contributed by atoms with Crippen molar-refractivity contribution in [1.82, 2.24) is 9.97 Å². The van der Waals surface area contributed by atoms with E-state index in [-0.39, 0.29) is 0 Å². The van der Waals surface area contributed by atoms with Crippen LogP contribution in [0.4, 0.5) is 22.7 Å². The van der Waals surface area contributed by atoms with Crippen LogP contribution in [0.3, 0.4) is 0 Å². The third kappa shape index (κ3) is 6.02. The molecule has 0 aliphatic rings. The summed E-state index contributed by atoms with van der Waals surface area (Å²) in [7, 11) is 1.00. The number of halogens is 4. The van der Waals surface area contributed by atoms with Gasteiger partial charge in [-0.15, -0.1) is 0 Å². The van der Waals surface area contributed by atoms with Crippen molar-refractivity contribution in [3.63, 3.8) is 0 Å². The minimum atomic E-state index is -4.31. The highest BCUT2D eigenvalue weighted by Gasteiger charge is 2.29. The van der Waals surface area contributed by atoms with Gasteiger partial charge in [0.25, 0.3) is 0 Å². The van der Waals surface area contributed by atoms with Crippen LogP contribution < -0.4 is 5.32 Å². The number of nitrogens with one attached hydrogen (secondary N) is 1. The number of rotatable bonds is 6. The van der Waals surface area contributed by atoms with E-state index >= 15 is 0 Å². The molecule has 4 aromatic rings. The van der Waals surface area contributed by atoms with Gasteiger partial charge in [0.1, 0.15) is 0 Å². The fraction of sp³-hybridized carbons (Fsp3) is 0.217. The number of hydrogen-bond donors (Lipinski definition) is 2. The molecule has 0 aliphatic carbocycles. The van der Waals surface area contributed by atoms with Crippen LogP contribution >= 0.6 is 11.3 Å². The lowest BCUT2D eigenvalue weighted by Gasteiger charge is -2.07. The van der Waals surface area contributed by atoms with Crippen LogP contribution in [0.2, 0.25) is 0 Å². The van der Waals surface area contributed by atoms with Crippen LogP contribution in [0.5, 0.6) is 0 Å². The number of aryl methyl sites for hydroxylation is 1. The quantitative estimate of drug-likeness (QED) is 0.204. The average molecular weight is 464 g/mol. The largest absolute Gasteiger partial charge is 0.416 e. The number of anilines is 1. The third-order valence-electron chi connectivity index (χ3n) is 4.68. The molecule has 0 amide bonds. The number of aliphatic hydroxyl groups excluding tert-OH is 1. The van der Waals surface area contributed by atoms with Crippen molar-refractivity contribution in [3.8, 4) is 10.4 Å². The number of benzene rings is 2. The first-order chi connectivity index (χ1) is 15.4. The summed E-state index contributed by atoms with van der Waals surface area (Å²) in [5.74, 6) is -0.514. The summed E-state index contributed by atoms with van der Waals surface area (Å²) in [5.41, 5.74) is 1.18. The Morgan fingerprint density at radius 1 is 0.938 bits per heavy atom. The molecule has 2 N–H and O–H groups in total. The molecule has 0 radical (unpaired) electrons. The van der Waals surface area contributed by atoms with Gasteiger partial charge in [0.05, 0.1) is 10.4 Å². The van der Waals surface area contributed by atoms with Crippen molar-refractivity contribution in [3.05, 3.63) is 78.0 Å². The van der Waals surface area contributed by atoms with Gasteiger partial charge in [0.15, 0.2) is 5.13 Å². The lowest BCUT2D eigenvalue weighted by Crippen LogP contribution is -2.05. The monoisotopic (exact) mass is 463 g/mol. The Hall–Kier alpha value is -3.04. The molecule has 32 heavy (non-hydrogen) atoms.